The first-order chi connectivity index (χ1) is 10.5. The van der Waals surface area contributed by atoms with Crippen LogP contribution in [0.2, 0.25) is 0 Å². The molecular formula is C14H19N3O5. The van der Waals surface area contributed by atoms with Crippen molar-refractivity contribution in [1.29, 1.82) is 5.41 Å². The summed E-state index contributed by atoms with van der Waals surface area (Å²) in [7, 11) is 0. The topological polar surface area (TPSA) is 100 Å². The van der Waals surface area contributed by atoms with Crippen molar-refractivity contribution < 1.29 is 23.9 Å². The second-order valence-electron chi connectivity index (χ2n) is 6.03. The van der Waals surface area contributed by atoms with Gasteiger partial charge in [-0.15, -0.1) is 0 Å². The molecule has 0 amide bonds. The van der Waals surface area contributed by atoms with Crippen LogP contribution in [0.3, 0.4) is 0 Å². The van der Waals surface area contributed by atoms with Gasteiger partial charge in [0.1, 0.15) is 0 Å². The fourth-order valence-electron chi connectivity index (χ4n) is 3.51. The van der Waals surface area contributed by atoms with Gasteiger partial charge in [-0.05, 0) is 19.3 Å². The van der Waals surface area contributed by atoms with Crippen LogP contribution in [0.4, 0.5) is 0 Å². The van der Waals surface area contributed by atoms with Crippen LogP contribution < -0.4 is 0 Å². The van der Waals surface area contributed by atoms with Gasteiger partial charge < -0.3 is 9.47 Å². The zero-order valence-corrected chi connectivity index (χ0v) is 12.2. The lowest BCUT2D eigenvalue weighted by Gasteiger charge is -2.42. The van der Waals surface area contributed by atoms with Crippen LogP contribution in [0.5, 0.6) is 0 Å². The maximum Gasteiger partial charge on any atom is 0.327 e. The van der Waals surface area contributed by atoms with Crippen molar-refractivity contribution in [3.8, 4) is 0 Å². The Bertz CT molecular complexity index is 445. The molecule has 8 heteroatoms. The van der Waals surface area contributed by atoms with Gasteiger partial charge in [0.2, 0.25) is 5.90 Å². The highest BCUT2D eigenvalue weighted by Gasteiger charge is 2.37. The van der Waals surface area contributed by atoms with Crippen molar-refractivity contribution >= 4 is 23.8 Å². The van der Waals surface area contributed by atoms with E-state index in [4.69, 9.17) is 10.1 Å². The van der Waals surface area contributed by atoms with E-state index in [1.807, 2.05) is 9.80 Å². The van der Waals surface area contributed by atoms with Crippen molar-refractivity contribution in [2.24, 2.45) is 0 Å². The number of esters is 3. The SMILES string of the molecule is N=C1CN(C2CCCC(N3CC(=O)OC(=O)C3)C2)CC(=O)O1. The van der Waals surface area contributed by atoms with Gasteiger partial charge in [-0.1, -0.05) is 6.42 Å². The monoisotopic (exact) mass is 309 g/mol. The van der Waals surface area contributed by atoms with Crippen LogP contribution in [0.25, 0.3) is 0 Å². The van der Waals surface area contributed by atoms with Gasteiger partial charge in [0.05, 0.1) is 26.2 Å². The predicted octanol–water partition coefficient (Wildman–Crippen LogP) is -0.481. The molecule has 0 radical (unpaired) electrons. The molecule has 1 N–H and O–H groups in total. The zero-order chi connectivity index (χ0) is 15.7. The summed E-state index contributed by atoms with van der Waals surface area (Å²) in [6.07, 6.45) is 3.62. The molecule has 1 aliphatic carbocycles. The van der Waals surface area contributed by atoms with E-state index in [1.54, 1.807) is 0 Å². The number of cyclic esters (lactones) is 3. The first kappa shape index (κ1) is 15.1. The smallest absolute Gasteiger partial charge is 0.327 e. The van der Waals surface area contributed by atoms with E-state index in [0.717, 1.165) is 25.7 Å². The highest BCUT2D eigenvalue weighted by Crippen LogP contribution is 2.28. The summed E-state index contributed by atoms with van der Waals surface area (Å²) in [5.41, 5.74) is 0. The second kappa shape index (κ2) is 6.13. The molecule has 2 atom stereocenters. The molecule has 0 bridgehead atoms. The number of nitrogens with one attached hydrogen (secondary N) is 1. The average molecular weight is 309 g/mol. The van der Waals surface area contributed by atoms with Crippen LogP contribution >= 0.6 is 0 Å². The maximum atomic E-state index is 11.5. The third kappa shape index (κ3) is 3.33. The minimum Gasteiger partial charge on any atom is -0.410 e. The number of ether oxygens (including phenoxy) is 2. The van der Waals surface area contributed by atoms with E-state index < -0.39 is 17.9 Å². The number of morpholine rings is 2. The van der Waals surface area contributed by atoms with Crippen molar-refractivity contribution in [1.82, 2.24) is 9.80 Å². The Balaban J connectivity index is 1.63. The van der Waals surface area contributed by atoms with Crippen LogP contribution in [0, 0.1) is 5.41 Å². The largest absolute Gasteiger partial charge is 0.410 e. The molecule has 3 aliphatic rings. The fraction of sp³-hybridized carbons (Fsp3) is 0.714. The Morgan fingerprint density at radius 2 is 1.32 bits per heavy atom. The molecular weight excluding hydrogens is 290 g/mol. The first-order valence-corrected chi connectivity index (χ1v) is 7.51. The van der Waals surface area contributed by atoms with E-state index in [2.05, 4.69) is 4.74 Å². The highest BCUT2D eigenvalue weighted by atomic mass is 16.6. The Kier molecular flexibility index (Phi) is 4.21. The normalized spacial score (nSPS) is 31.8. The molecule has 120 valence electrons. The number of carbonyl (C=O) groups is 3. The Labute approximate surface area is 127 Å². The molecule has 2 heterocycles. The summed E-state index contributed by atoms with van der Waals surface area (Å²) in [5.74, 6) is -1.41. The van der Waals surface area contributed by atoms with Gasteiger partial charge >= 0.3 is 17.9 Å². The molecule has 0 aromatic rings. The summed E-state index contributed by atoms with van der Waals surface area (Å²) < 4.78 is 9.32. The van der Waals surface area contributed by atoms with Gasteiger partial charge in [-0.25, -0.2) is 0 Å². The third-order valence-electron chi connectivity index (χ3n) is 4.46. The molecule has 2 aliphatic heterocycles. The lowest BCUT2D eigenvalue weighted by Crippen LogP contribution is -2.54. The first-order valence-electron chi connectivity index (χ1n) is 7.51. The summed E-state index contributed by atoms with van der Waals surface area (Å²) >= 11 is 0. The molecule has 22 heavy (non-hydrogen) atoms. The quantitative estimate of drug-likeness (QED) is 0.543. The molecule has 0 spiro atoms. The molecule has 2 saturated heterocycles. The van der Waals surface area contributed by atoms with E-state index in [0.29, 0.717) is 6.54 Å². The number of hydrogen-bond donors (Lipinski definition) is 1. The molecule has 0 aromatic heterocycles. The Morgan fingerprint density at radius 3 is 1.86 bits per heavy atom. The fourth-order valence-corrected chi connectivity index (χ4v) is 3.51. The predicted molar refractivity (Wildman–Crippen MR) is 74.1 cm³/mol. The molecule has 1 saturated carbocycles. The third-order valence-corrected chi connectivity index (χ3v) is 4.46. The molecule has 2 unspecified atom stereocenters. The second-order valence-corrected chi connectivity index (χ2v) is 6.03. The van der Waals surface area contributed by atoms with Crippen molar-refractivity contribution in [3.05, 3.63) is 0 Å². The van der Waals surface area contributed by atoms with E-state index in [9.17, 15) is 14.4 Å². The number of rotatable bonds is 2. The van der Waals surface area contributed by atoms with E-state index >= 15 is 0 Å². The molecule has 3 fully saturated rings. The van der Waals surface area contributed by atoms with Gasteiger partial charge in [0.15, 0.2) is 0 Å². The Morgan fingerprint density at radius 1 is 0.818 bits per heavy atom. The summed E-state index contributed by atoms with van der Waals surface area (Å²) in [4.78, 5) is 38.1. The maximum absolute atomic E-state index is 11.5. The number of hydrogen-bond acceptors (Lipinski definition) is 8. The average Bonchev–Trinajstić information content (AvgIpc) is 2.45. The van der Waals surface area contributed by atoms with Crippen LogP contribution in [0.15, 0.2) is 0 Å². The van der Waals surface area contributed by atoms with E-state index in [1.165, 1.54) is 0 Å². The lowest BCUT2D eigenvalue weighted by molar-refractivity contribution is -0.168. The van der Waals surface area contributed by atoms with Crippen molar-refractivity contribution in [2.75, 3.05) is 26.2 Å². The van der Waals surface area contributed by atoms with Gasteiger partial charge in [0, 0.05) is 12.1 Å². The minimum absolute atomic E-state index is 0.0184. The standard InChI is InChI=1S/C14H19N3O5/c15-11-5-16(6-12(18)21-11)9-2-1-3-10(4-9)17-7-13(19)22-14(20)8-17/h9-10,15H,1-8H2. The van der Waals surface area contributed by atoms with E-state index in [-0.39, 0.29) is 37.6 Å². The number of carbonyl (C=O) groups excluding carboxylic acids is 3. The van der Waals surface area contributed by atoms with Crippen LogP contribution in [-0.4, -0.2) is 71.9 Å². The molecule has 8 nitrogen and oxygen atoms in total. The number of nitrogens with zero attached hydrogens (tertiary/aromatic N) is 2. The van der Waals surface area contributed by atoms with Crippen molar-refractivity contribution in [2.45, 2.75) is 37.8 Å². The van der Waals surface area contributed by atoms with Gasteiger partial charge in [0.25, 0.3) is 0 Å². The molecule has 0 aromatic carbocycles. The van der Waals surface area contributed by atoms with Gasteiger partial charge in [-0.3, -0.25) is 29.6 Å². The molecule has 3 rings (SSSR count). The van der Waals surface area contributed by atoms with Gasteiger partial charge in [-0.2, -0.15) is 0 Å². The van der Waals surface area contributed by atoms with Crippen LogP contribution in [-0.2, 0) is 23.9 Å². The lowest BCUT2D eigenvalue weighted by atomic mass is 9.88. The van der Waals surface area contributed by atoms with Crippen LogP contribution in [0.1, 0.15) is 25.7 Å². The minimum atomic E-state index is -0.498. The summed E-state index contributed by atoms with van der Waals surface area (Å²) in [6.45, 7) is 0.812. The summed E-state index contributed by atoms with van der Waals surface area (Å²) in [6, 6.07) is 0.294. The van der Waals surface area contributed by atoms with Crippen molar-refractivity contribution in [3.63, 3.8) is 0 Å². The zero-order valence-electron chi connectivity index (χ0n) is 12.2. The summed E-state index contributed by atoms with van der Waals surface area (Å²) in [5, 5.41) is 7.57. The highest BCUT2D eigenvalue weighted by molar-refractivity contribution is 5.91. The Hall–Kier alpha value is -1.80.